The molecule has 1 rings (SSSR count). The highest BCUT2D eigenvalue weighted by Gasteiger charge is 2.15. The smallest absolute Gasteiger partial charge is 0.219 e. The van der Waals surface area contributed by atoms with Gasteiger partial charge in [-0.25, -0.2) is 0 Å². The van der Waals surface area contributed by atoms with Gasteiger partial charge in [0.1, 0.15) is 0 Å². The van der Waals surface area contributed by atoms with Crippen molar-refractivity contribution < 1.29 is 9.53 Å². The molecule has 14 heavy (non-hydrogen) atoms. The molecule has 1 fully saturated rings. The Hall–Kier alpha value is -0.610. The number of methoxy groups -OCH3 is 1. The van der Waals surface area contributed by atoms with Crippen molar-refractivity contribution in [3.8, 4) is 0 Å². The van der Waals surface area contributed by atoms with Crippen molar-refractivity contribution in [1.82, 2.24) is 9.80 Å². The summed E-state index contributed by atoms with van der Waals surface area (Å²) in [6.07, 6.45) is 1.07. The Balaban J connectivity index is 2.29. The van der Waals surface area contributed by atoms with Gasteiger partial charge in [-0.3, -0.25) is 9.69 Å². The SMILES string of the molecule is COCCN1CCCN(C(C)=O)CC1. The lowest BCUT2D eigenvalue weighted by atomic mass is 10.4. The Morgan fingerprint density at radius 3 is 2.71 bits per heavy atom. The molecule has 0 spiro atoms. The van der Waals surface area contributed by atoms with Gasteiger partial charge in [-0.2, -0.15) is 0 Å². The number of hydrogen-bond donors (Lipinski definition) is 0. The first-order valence-corrected chi connectivity index (χ1v) is 5.21. The van der Waals surface area contributed by atoms with E-state index in [9.17, 15) is 4.79 Å². The van der Waals surface area contributed by atoms with Crippen molar-refractivity contribution in [3.05, 3.63) is 0 Å². The molecule has 0 bridgehead atoms. The zero-order valence-electron chi connectivity index (χ0n) is 9.16. The quantitative estimate of drug-likeness (QED) is 0.652. The van der Waals surface area contributed by atoms with Crippen molar-refractivity contribution in [1.29, 1.82) is 0 Å². The fourth-order valence-electron chi connectivity index (χ4n) is 1.73. The lowest BCUT2D eigenvalue weighted by Crippen LogP contribution is -2.34. The molecule has 1 amide bonds. The molecule has 0 atom stereocenters. The minimum atomic E-state index is 0.193. The number of rotatable bonds is 3. The summed E-state index contributed by atoms with van der Waals surface area (Å²) in [7, 11) is 1.72. The van der Waals surface area contributed by atoms with Crippen LogP contribution in [0.1, 0.15) is 13.3 Å². The predicted molar refractivity (Wildman–Crippen MR) is 55.2 cm³/mol. The van der Waals surface area contributed by atoms with Crippen molar-refractivity contribution >= 4 is 5.91 Å². The van der Waals surface area contributed by atoms with Crippen molar-refractivity contribution in [2.75, 3.05) is 46.4 Å². The fraction of sp³-hybridized carbons (Fsp3) is 0.900. The molecule has 1 aliphatic rings. The largest absolute Gasteiger partial charge is 0.383 e. The minimum Gasteiger partial charge on any atom is -0.383 e. The monoisotopic (exact) mass is 200 g/mol. The van der Waals surface area contributed by atoms with E-state index in [0.29, 0.717) is 0 Å². The molecule has 82 valence electrons. The van der Waals surface area contributed by atoms with Gasteiger partial charge in [0.05, 0.1) is 6.61 Å². The summed E-state index contributed by atoms with van der Waals surface area (Å²) in [6, 6.07) is 0. The van der Waals surface area contributed by atoms with Gasteiger partial charge in [0.15, 0.2) is 0 Å². The van der Waals surface area contributed by atoms with Gasteiger partial charge >= 0.3 is 0 Å². The molecule has 0 aromatic carbocycles. The number of carbonyl (C=O) groups is 1. The summed E-state index contributed by atoms with van der Waals surface area (Å²) in [5.74, 6) is 0.193. The maximum absolute atomic E-state index is 11.2. The molecule has 1 aliphatic heterocycles. The molecule has 0 radical (unpaired) electrons. The average molecular weight is 200 g/mol. The van der Waals surface area contributed by atoms with Gasteiger partial charge in [0.25, 0.3) is 0 Å². The van der Waals surface area contributed by atoms with Crippen molar-refractivity contribution in [3.63, 3.8) is 0 Å². The van der Waals surface area contributed by atoms with Crippen LogP contribution in [0.15, 0.2) is 0 Å². The van der Waals surface area contributed by atoms with E-state index in [4.69, 9.17) is 4.74 Å². The number of nitrogens with zero attached hydrogens (tertiary/aromatic N) is 2. The molecular formula is C10H20N2O2. The Labute approximate surface area is 85.8 Å². The third kappa shape index (κ3) is 3.64. The van der Waals surface area contributed by atoms with Crippen LogP contribution in [0.4, 0.5) is 0 Å². The number of ether oxygens (including phenoxy) is 1. The van der Waals surface area contributed by atoms with Crippen LogP contribution in [0.5, 0.6) is 0 Å². The van der Waals surface area contributed by atoms with Crippen LogP contribution in [-0.4, -0.2) is 62.1 Å². The lowest BCUT2D eigenvalue weighted by Gasteiger charge is -2.20. The third-order valence-electron chi connectivity index (χ3n) is 2.65. The molecule has 0 saturated carbocycles. The first kappa shape index (κ1) is 11.5. The predicted octanol–water partition coefficient (Wildman–Crippen LogP) is 0.187. The molecule has 0 unspecified atom stereocenters. The molecule has 0 aromatic rings. The highest BCUT2D eigenvalue weighted by Crippen LogP contribution is 2.02. The average Bonchev–Trinajstić information content (AvgIpc) is 2.39. The van der Waals surface area contributed by atoms with E-state index in [1.807, 2.05) is 4.90 Å². The van der Waals surface area contributed by atoms with E-state index < -0.39 is 0 Å². The second-order valence-corrected chi connectivity index (χ2v) is 3.69. The van der Waals surface area contributed by atoms with E-state index in [-0.39, 0.29) is 5.91 Å². The van der Waals surface area contributed by atoms with Crippen LogP contribution in [0.2, 0.25) is 0 Å². The summed E-state index contributed by atoms with van der Waals surface area (Å²) < 4.78 is 5.04. The van der Waals surface area contributed by atoms with E-state index >= 15 is 0 Å². The number of amides is 1. The third-order valence-corrected chi connectivity index (χ3v) is 2.65. The van der Waals surface area contributed by atoms with Gasteiger partial charge < -0.3 is 9.64 Å². The Morgan fingerprint density at radius 2 is 2.07 bits per heavy atom. The zero-order chi connectivity index (χ0) is 10.4. The Bertz CT molecular complexity index is 185. The van der Waals surface area contributed by atoms with Gasteiger partial charge in [-0.15, -0.1) is 0 Å². The summed E-state index contributed by atoms with van der Waals surface area (Å²) >= 11 is 0. The van der Waals surface area contributed by atoms with E-state index in [1.165, 1.54) is 0 Å². The van der Waals surface area contributed by atoms with Crippen LogP contribution in [0.3, 0.4) is 0 Å². The van der Waals surface area contributed by atoms with Gasteiger partial charge in [-0.1, -0.05) is 0 Å². The molecular weight excluding hydrogens is 180 g/mol. The van der Waals surface area contributed by atoms with Crippen LogP contribution in [0, 0.1) is 0 Å². The first-order chi connectivity index (χ1) is 6.74. The normalized spacial score (nSPS) is 19.4. The Kier molecular flexibility index (Phi) is 4.90. The van der Waals surface area contributed by atoms with Crippen LogP contribution >= 0.6 is 0 Å². The summed E-state index contributed by atoms with van der Waals surface area (Å²) in [6.45, 7) is 7.21. The molecule has 0 aliphatic carbocycles. The molecule has 4 heteroatoms. The molecule has 1 heterocycles. The second-order valence-electron chi connectivity index (χ2n) is 3.69. The summed E-state index contributed by atoms with van der Waals surface area (Å²) in [5, 5.41) is 0. The lowest BCUT2D eigenvalue weighted by molar-refractivity contribution is -0.128. The summed E-state index contributed by atoms with van der Waals surface area (Å²) in [5.41, 5.74) is 0. The first-order valence-electron chi connectivity index (χ1n) is 5.21. The van der Waals surface area contributed by atoms with Crippen LogP contribution < -0.4 is 0 Å². The van der Waals surface area contributed by atoms with Crippen LogP contribution in [0.25, 0.3) is 0 Å². The second kappa shape index (κ2) is 5.98. The number of carbonyl (C=O) groups excluding carboxylic acids is 1. The molecule has 0 N–H and O–H groups in total. The summed E-state index contributed by atoms with van der Waals surface area (Å²) in [4.78, 5) is 15.4. The fourth-order valence-corrected chi connectivity index (χ4v) is 1.73. The van der Waals surface area contributed by atoms with Crippen molar-refractivity contribution in [2.24, 2.45) is 0 Å². The maximum Gasteiger partial charge on any atom is 0.219 e. The Morgan fingerprint density at radius 1 is 1.29 bits per heavy atom. The number of hydrogen-bond acceptors (Lipinski definition) is 3. The van der Waals surface area contributed by atoms with Crippen LogP contribution in [-0.2, 0) is 9.53 Å². The van der Waals surface area contributed by atoms with Crippen molar-refractivity contribution in [2.45, 2.75) is 13.3 Å². The molecule has 1 saturated heterocycles. The van der Waals surface area contributed by atoms with E-state index in [0.717, 1.165) is 45.8 Å². The van der Waals surface area contributed by atoms with Gasteiger partial charge in [-0.05, 0) is 13.0 Å². The zero-order valence-corrected chi connectivity index (χ0v) is 9.16. The molecule has 0 aromatic heterocycles. The highest BCUT2D eigenvalue weighted by molar-refractivity contribution is 5.73. The highest BCUT2D eigenvalue weighted by atomic mass is 16.5. The topological polar surface area (TPSA) is 32.8 Å². The maximum atomic E-state index is 11.2. The van der Waals surface area contributed by atoms with Gasteiger partial charge in [0.2, 0.25) is 5.91 Å². The van der Waals surface area contributed by atoms with E-state index in [2.05, 4.69) is 4.90 Å². The van der Waals surface area contributed by atoms with Gasteiger partial charge in [0, 0.05) is 40.2 Å². The van der Waals surface area contributed by atoms with E-state index in [1.54, 1.807) is 14.0 Å². The standard InChI is InChI=1S/C10H20N2O2/c1-10(13)12-5-3-4-11(6-7-12)8-9-14-2/h3-9H2,1-2H3. The molecule has 4 nitrogen and oxygen atoms in total. The minimum absolute atomic E-state index is 0.193.